The highest BCUT2D eigenvalue weighted by molar-refractivity contribution is 6.21. The molecule has 3 rings (SSSR count). The standard InChI is InChI=1S/C12H9N3O/c1-6-9-10(15-12(13)14-6)7-4-2-3-5-8(7)11(9)16/h2-5H,1H3,(H2,13,14,15). The second-order valence-corrected chi connectivity index (χ2v) is 3.77. The summed E-state index contributed by atoms with van der Waals surface area (Å²) in [6, 6.07) is 7.41. The number of hydrogen-bond acceptors (Lipinski definition) is 4. The lowest BCUT2D eigenvalue weighted by Crippen LogP contribution is -2.04. The van der Waals surface area contributed by atoms with E-state index in [1.807, 2.05) is 18.2 Å². The molecule has 0 radical (unpaired) electrons. The van der Waals surface area contributed by atoms with Crippen LogP contribution in [0.25, 0.3) is 11.3 Å². The number of rotatable bonds is 0. The van der Waals surface area contributed by atoms with Gasteiger partial charge in [0.1, 0.15) is 0 Å². The van der Waals surface area contributed by atoms with E-state index in [-0.39, 0.29) is 11.7 Å². The highest BCUT2D eigenvalue weighted by Gasteiger charge is 2.30. The molecule has 2 N–H and O–H groups in total. The van der Waals surface area contributed by atoms with E-state index in [0.29, 0.717) is 22.5 Å². The Balaban J connectivity index is 2.42. The Morgan fingerprint density at radius 3 is 2.56 bits per heavy atom. The fourth-order valence-corrected chi connectivity index (χ4v) is 2.08. The number of hydrogen-bond donors (Lipinski definition) is 1. The Kier molecular flexibility index (Phi) is 1.63. The average Bonchev–Trinajstić information content (AvgIpc) is 2.54. The molecule has 0 fully saturated rings. The predicted octanol–water partition coefficient (Wildman–Crippen LogP) is 1.58. The van der Waals surface area contributed by atoms with Crippen LogP contribution in [-0.4, -0.2) is 15.8 Å². The molecule has 0 saturated heterocycles. The number of anilines is 1. The molecule has 4 heteroatoms. The van der Waals surface area contributed by atoms with Gasteiger partial charge >= 0.3 is 0 Å². The lowest BCUT2D eigenvalue weighted by Gasteiger charge is -2.02. The van der Waals surface area contributed by atoms with Crippen molar-refractivity contribution in [3.05, 3.63) is 41.1 Å². The molecule has 1 heterocycles. The van der Waals surface area contributed by atoms with Gasteiger partial charge in [-0.05, 0) is 6.92 Å². The molecule has 4 nitrogen and oxygen atoms in total. The number of carbonyl (C=O) groups is 1. The van der Waals surface area contributed by atoms with Crippen molar-refractivity contribution >= 4 is 11.7 Å². The SMILES string of the molecule is Cc1nc(N)nc2c1C(=O)c1ccccc1-2. The van der Waals surface area contributed by atoms with Gasteiger partial charge in [0, 0.05) is 11.1 Å². The van der Waals surface area contributed by atoms with Gasteiger partial charge in [0.05, 0.1) is 17.0 Å². The number of nitrogens with two attached hydrogens (primary N) is 1. The fourth-order valence-electron chi connectivity index (χ4n) is 2.08. The molecular formula is C12H9N3O. The first kappa shape index (κ1) is 9.03. The minimum absolute atomic E-state index is 0.0110. The third-order valence-corrected chi connectivity index (χ3v) is 2.76. The molecule has 1 aliphatic carbocycles. The Morgan fingerprint density at radius 2 is 1.81 bits per heavy atom. The van der Waals surface area contributed by atoms with Gasteiger partial charge in [0.2, 0.25) is 5.95 Å². The summed E-state index contributed by atoms with van der Waals surface area (Å²) in [7, 11) is 0. The topological polar surface area (TPSA) is 68.9 Å². The highest BCUT2D eigenvalue weighted by atomic mass is 16.1. The van der Waals surface area contributed by atoms with Crippen LogP contribution >= 0.6 is 0 Å². The summed E-state index contributed by atoms with van der Waals surface area (Å²) < 4.78 is 0. The number of ketones is 1. The quantitative estimate of drug-likeness (QED) is 0.613. The number of aryl methyl sites for hydroxylation is 1. The summed E-state index contributed by atoms with van der Waals surface area (Å²) in [6.45, 7) is 1.78. The van der Waals surface area contributed by atoms with Gasteiger partial charge in [0.15, 0.2) is 5.78 Å². The van der Waals surface area contributed by atoms with Crippen LogP contribution in [0.5, 0.6) is 0 Å². The Labute approximate surface area is 92.2 Å². The number of fused-ring (bicyclic) bond motifs is 3. The Bertz CT molecular complexity index is 620. The minimum atomic E-state index is -0.0110. The first-order valence-electron chi connectivity index (χ1n) is 4.96. The van der Waals surface area contributed by atoms with Crippen molar-refractivity contribution in [2.75, 3.05) is 5.73 Å². The van der Waals surface area contributed by atoms with E-state index in [0.717, 1.165) is 5.56 Å². The lowest BCUT2D eigenvalue weighted by atomic mass is 10.1. The van der Waals surface area contributed by atoms with Crippen molar-refractivity contribution in [1.29, 1.82) is 0 Å². The zero-order chi connectivity index (χ0) is 11.3. The number of nitrogens with zero attached hydrogens (tertiary/aromatic N) is 2. The van der Waals surface area contributed by atoms with Crippen molar-refractivity contribution in [3.8, 4) is 11.3 Å². The van der Waals surface area contributed by atoms with Gasteiger partial charge in [-0.25, -0.2) is 9.97 Å². The van der Waals surface area contributed by atoms with Crippen LogP contribution < -0.4 is 5.73 Å². The third kappa shape index (κ3) is 1.01. The van der Waals surface area contributed by atoms with Crippen LogP contribution in [0.15, 0.2) is 24.3 Å². The number of aromatic nitrogens is 2. The van der Waals surface area contributed by atoms with E-state index in [2.05, 4.69) is 9.97 Å². The molecule has 0 atom stereocenters. The van der Waals surface area contributed by atoms with Crippen molar-refractivity contribution in [1.82, 2.24) is 9.97 Å². The van der Waals surface area contributed by atoms with E-state index >= 15 is 0 Å². The van der Waals surface area contributed by atoms with Crippen molar-refractivity contribution in [2.24, 2.45) is 0 Å². The highest BCUT2D eigenvalue weighted by Crippen LogP contribution is 2.36. The minimum Gasteiger partial charge on any atom is -0.368 e. The number of carbonyl (C=O) groups excluding carboxylic acids is 1. The smallest absolute Gasteiger partial charge is 0.220 e. The van der Waals surface area contributed by atoms with E-state index in [9.17, 15) is 4.79 Å². The van der Waals surface area contributed by atoms with Gasteiger partial charge in [-0.3, -0.25) is 4.79 Å². The van der Waals surface area contributed by atoms with Crippen LogP contribution in [-0.2, 0) is 0 Å². The largest absolute Gasteiger partial charge is 0.368 e. The predicted molar refractivity (Wildman–Crippen MR) is 60.0 cm³/mol. The molecule has 0 aliphatic heterocycles. The van der Waals surface area contributed by atoms with Crippen molar-refractivity contribution in [2.45, 2.75) is 6.92 Å². The average molecular weight is 211 g/mol. The zero-order valence-corrected chi connectivity index (χ0v) is 8.69. The van der Waals surface area contributed by atoms with Gasteiger partial charge < -0.3 is 5.73 Å². The first-order chi connectivity index (χ1) is 7.68. The number of benzene rings is 1. The molecule has 78 valence electrons. The molecule has 1 aromatic heterocycles. The maximum absolute atomic E-state index is 12.1. The molecule has 16 heavy (non-hydrogen) atoms. The molecule has 0 spiro atoms. The molecule has 0 amide bonds. The van der Waals surface area contributed by atoms with E-state index in [1.165, 1.54) is 0 Å². The van der Waals surface area contributed by atoms with Crippen LogP contribution in [0.3, 0.4) is 0 Å². The summed E-state index contributed by atoms with van der Waals surface area (Å²) in [5.74, 6) is 0.198. The third-order valence-electron chi connectivity index (χ3n) is 2.76. The monoisotopic (exact) mass is 211 g/mol. The number of nitrogen functional groups attached to an aromatic ring is 1. The van der Waals surface area contributed by atoms with Gasteiger partial charge in [0.25, 0.3) is 0 Å². The van der Waals surface area contributed by atoms with Crippen LogP contribution in [0.4, 0.5) is 5.95 Å². The van der Waals surface area contributed by atoms with E-state index < -0.39 is 0 Å². The Morgan fingerprint density at radius 1 is 1.12 bits per heavy atom. The molecular weight excluding hydrogens is 202 g/mol. The summed E-state index contributed by atoms with van der Waals surface area (Å²) in [4.78, 5) is 20.3. The van der Waals surface area contributed by atoms with Crippen molar-refractivity contribution < 1.29 is 4.79 Å². The summed E-state index contributed by atoms with van der Waals surface area (Å²) in [5.41, 5.74) is 9.01. The maximum Gasteiger partial charge on any atom is 0.220 e. The van der Waals surface area contributed by atoms with E-state index in [4.69, 9.17) is 5.73 Å². The van der Waals surface area contributed by atoms with Crippen LogP contribution in [0.2, 0.25) is 0 Å². The molecule has 0 saturated carbocycles. The van der Waals surface area contributed by atoms with Gasteiger partial charge in [-0.15, -0.1) is 0 Å². The van der Waals surface area contributed by atoms with Gasteiger partial charge in [-0.2, -0.15) is 0 Å². The second-order valence-electron chi connectivity index (χ2n) is 3.77. The van der Waals surface area contributed by atoms with Crippen LogP contribution in [0.1, 0.15) is 21.6 Å². The molecule has 0 bridgehead atoms. The first-order valence-corrected chi connectivity index (χ1v) is 4.96. The molecule has 2 aromatic rings. The normalized spacial score (nSPS) is 12.4. The van der Waals surface area contributed by atoms with Crippen molar-refractivity contribution in [3.63, 3.8) is 0 Å². The van der Waals surface area contributed by atoms with Crippen LogP contribution in [0, 0.1) is 6.92 Å². The second kappa shape index (κ2) is 2.88. The molecule has 1 aromatic carbocycles. The maximum atomic E-state index is 12.1. The van der Waals surface area contributed by atoms with Gasteiger partial charge in [-0.1, -0.05) is 24.3 Å². The zero-order valence-electron chi connectivity index (χ0n) is 8.69. The summed E-state index contributed by atoms with van der Waals surface area (Å²) in [6.07, 6.45) is 0. The van der Waals surface area contributed by atoms with E-state index in [1.54, 1.807) is 13.0 Å². The molecule has 0 unspecified atom stereocenters. The summed E-state index contributed by atoms with van der Waals surface area (Å²) in [5, 5.41) is 0. The molecule has 1 aliphatic rings. The lowest BCUT2D eigenvalue weighted by molar-refractivity contribution is 0.104. The fraction of sp³-hybridized carbons (Fsp3) is 0.0833. The summed E-state index contributed by atoms with van der Waals surface area (Å²) >= 11 is 0. The Hall–Kier alpha value is -2.23.